The van der Waals surface area contributed by atoms with Crippen LogP contribution in [0.3, 0.4) is 0 Å². The van der Waals surface area contributed by atoms with Gasteiger partial charge in [-0.3, -0.25) is 9.59 Å². The van der Waals surface area contributed by atoms with E-state index < -0.39 is 22.0 Å². The zero-order valence-electron chi connectivity index (χ0n) is 18.6. The standard InChI is InChI=1S/C25H25N3O5S/c1-33-20-9-5-6-17(14-20)16-26-25(30)24(18-7-3-2-4-8-18)28-34(31,32)21-11-12-22-19(15-21)10-13-23(29)27-22/h2-9,11-12,14-15,24,28H,10,13,16H2,1H3,(H,26,30)(H,27,29). The molecule has 34 heavy (non-hydrogen) atoms. The van der Waals surface area contributed by atoms with Crippen LogP contribution in [0.15, 0.2) is 77.7 Å². The van der Waals surface area contributed by atoms with Crippen LogP contribution in [0.4, 0.5) is 5.69 Å². The molecule has 3 aromatic rings. The highest BCUT2D eigenvalue weighted by atomic mass is 32.2. The third-order valence-corrected chi connectivity index (χ3v) is 6.97. The summed E-state index contributed by atoms with van der Waals surface area (Å²) in [6.45, 7) is 0.208. The Morgan fingerprint density at radius 3 is 2.59 bits per heavy atom. The van der Waals surface area contributed by atoms with E-state index >= 15 is 0 Å². The van der Waals surface area contributed by atoms with E-state index in [4.69, 9.17) is 4.74 Å². The topological polar surface area (TPSA) is 114 Å². The van der Waals surface area contributed by atoms with Crippen molar-refractivity contribution in [1.29, 1.82) is 0 Å². The molecule has 0 aromatic heterocycles. The van der Waals surface area contributed by atoms with E-state index in [1.54, 1.807) is 55.6 Å². The average molecular weight is 480 g/mol. The van der Waals surface area contributed by atoms with Gasteiger partial charge in [0.25, 0.3) is 0 Å². The number of benzene rings is 3. The lowest BCUT2D eigenvalue weighted by Crippen LogP contribution is -2.40. The Kier molecular flexibility index (Phi) is 6.95. The molecule has 0 bridgehead atoms. The lowest BCUT2D eigenvalue weighted by Gasteiger charge is -2.21. The smallest absolute Gasteiger partial charge is 0.243 e. The molecule has 8 nitrogen and oxygen atoms in total. The summed E-state index contributed by atoms with van der Waals surface area (Å²) >= 11 is 0. The molecule has 176 valence electrons. The largest absolute Gasteiger partial charge is 0.497 e. The molecular weight excluding hydrogens is 454 g/mol. The first-order chi connectivity index (χ1) is 16.4. The molecule has 4 rings (SSSR count). The maximum Gasteiger partial charge on any atom is 0.243 e. The number of sulfonamides is 1. The van der Waals surface area contributed by atoms with Crippen molar-refractivity contribution in [3.63, 3.8) is 0 Å². The van der Waals surface area contributed by atoms with Crippen LogP contribution < -0.4 is 20.1 Å². The monoisotopic (exact) mass is 479 g/mol. The van der Waals surface area contributed by atoms with Crippen LogP contribution in [0.5, 0.6) is 5.75 Å². The van der Waals surface area contributed by atoms with Crippen LogP contribution >= 0.6 is 0 Å². The Bertz CT molecular complexity index is 1310. The van der Waals surface area contributed by atoms with E-state index in [9.17, 15) is 18.0 Å². The predicted molar refractivity (Wildman–Crippen MR) is 128 cm³/mol. The maximum absolute atomic E-state index is 13.2. The molecule has 3 aromatic carbocycles. The van der Waals surface area contributed by atoms with Gasteiger partial charge < -0.3 is 15.4 Å². The molecule has 1 atom stereocenters. The molecule has 1 heterocycles. The van der Waals surface area contributed by atoms with Crippen LogP contribution in [0.1, 0.15) is 29.2 Å². The number of amides is 2. The van der Waals surface area contributed by atoms with Gasteiger partial charge in [-0.25, -0.2) is 8.42 Å². The van der Waals surface area contributed by atoms with Gasteiger partial charge in [-0.15, -0.1) is 0 Å². The number of methoxy groups -OCH3 is 1. The van der Waals surface area contributed by atoms with Gasteiger partial charge in [0.1, 0.15) is 11.8 Å². The summed E-state index contributed by atoms with van der Waals surface area (Å²) in [5, 5.41) is 5.55. The third-order valence-electron chi connectivity index (χ3n) is 5.55. The molecule has 9 heteroatoms. The van der Waals surface area contributed by atoms with Crippen molar-refractivity contribution >= 4 is 27.5 Å². The van der Waals surface area contributed by atoms with Crippen molar-refractivity contribution < 1.29 is 22.7 Å². The van der Waals surface area contributed by atoms with Gasteiger partial charge in [0.2, 0.25) is 21.8 Å². The predicted octanol–water partition coefficient (Wildman–Crippen LogP) is 2.92. The fraction of sp³-hybridized carbons (Fsp3) is 0.200. The van der Waals surface area contributed by atoms with Gasteiger partial charge in [0.15, 0.2) is 0 Å². The van der Waals surface area contributed by atoms with Gasteiger partial charge in [0.05, 0.1) is 12.0 Å². The van der Waals surface area contributed by atoms with Crippen molar-refractivity contribution in [2.24, 2.45) is 0 Å². The SMILES string of the molecule is COc1cccc(CNC(=O)C(NS(=O)(=O)c2ccc3c(c2)CCC(=O)N3)c2ccccc2)c1. The highest BCUT2D eigenvalue weighted by Crippen LogP contribution is 2.26. The molecule has 0 saturated heterocycles. The Morgan fingerprint density at radius 1 is 1.03 bits per heavy atom. The number of carbonyl (C=O) groups is 2. The Balaban J connectivity index is 1.56. The number of fused-ring (bicyclic) bond motifs is 1. The number of nitrogens with one attached hydrogen (secondary N) is 3. The van der Waals surface area contributed by atoms with Crippen LogP contribution in [-0.4, -0.2) is 27.3 Å². The molecular formula is C25H25N3O5S. The normalized spacial score (nSPS) is 14.0. The first-order valence-electron chi connectivity index (χ1n) is 10.8. The summed E-state index contributed by atoms with van der Waals surface area (Å²) in [7, 11) is -2.47. The summed E-state index contributed by atoms with van der Waals surface area (Å²) in [6.07, 6.45) is 0.747. The molecule has 1 aliphatic rings. The molecule has 1 aliphatic heterocycles. The summed E-state index contributed by atoms with van der Waals surface area (Å²) in [4.78, 5) is 24.8. The van der Waals surface area contributed by atoms with Gasteiger partial charge in [-0.1, -0.05) is 42.5 Å². The van der Waals surface area contributed by atoms with E-state index in [1.807, 2.05) is 12.1 Å². The van der Waals surface area contributed by atoms with Gasteiger partial charge in [-0.05, 0) is 53.4 Å². The number of hydrogen-bond donors (Lipinski definition) is 3. The molecule has 3 N–H and O–H groups in total. The second-order valence-corrected chi connectivity index (χ2v) is 9.62. The van der Waals surface area contributed by atoms with Crippen molar-refractivity contribution in [3.05, 3.63) is 89.5 Å². The van der Waals surface area contributed by atoms with Crippen LogP contribution in [0.25, 0.3) is 0 Å². The summed E-state index contributed by atoms with van der Waals surface area (Å²) in [5.74, 6) is 0.0801. The van der Waals surface area contributed by atoms with E-state index in [-0.39, 0.29) is 17.3 Å². The van der Waals surface area contributed by atoms with Crippen LogP contribution in [-0.2, 0) is 32.6 Å². The van der Waals surface area contributed by atoms with Crippen molar-refractivity contribution in [1.82, 2.24) is 10.0 Å². The zero-order chi connectivity index (χ0) is 24.1. The fourth-order valence-corrected chi connectivity index (χ4v) is 4.98. The van der Waals surface area contributed by atoms with E-state index in [0.29, 0.717) is 29.8 Å². The minimum atomic E-state index is -4.04. The van der Waals surface area contributed by atoms with Gasteiger partial charge >= 0.3 is 0 Å². The van der Waals surface area contributed by atoms with E-state index in [0.717, 1.165) is 11.1 Å². The molecule has 1 unspecified atom stereocenters. The highest BCUT2D eigenvalue weighted by molar-refractivity contribution is 7.89. The van der Waals surface area contributed by atoms with Gasteiger partial charge in [0, 0.05) is 18.7 Å². The number of anilines is 1. The third kappa shape index (κ3) is 5.44. The molecule has 0 fully saturated rings. The molecule has 2 amide bonds. The van der Waals surface area contributed by atoms with E-state index in [2.05, 4.69) is 15.4 Å². The Labute approximate surface area is 198 Å². The number of carbonyl (C=O) groups excluding carboxylic acids is 2. The number of ether oxygens (including phenoxy) is 1. The minimum absolute atomic E-state index is 0.0314. The fourth-order valence-electron chi connectivity index (χ4n) is 3.74. The molecule has 0 radical (unpaired) electrons. The summed E-state index contributed by atoms with van der Waals surface area (Å²) in [6, 6.07) is 19.3. The molecule has 0 saturated carbocycles. The number of hydrogen-bond acceptors (Lipinski definition) is 5. The number of aryl methyl sites for hydroxylation is 1. The highest BCUT2D eigenvalue weighted by Gasteiger charge is 2.28. The van der Waals surface area contributed by atoms with Crippen molar-refractivity contribution in [2.75, 3.05) is 12.4 Å². The lowest BCUT2D eigenvalue weighted by molar-refractivity contribution is -0.123. The first kappa shape index (κ1) is 23.5. The van der Waals surface area contributed by atoms with Gasteiger partial charge in [-0.2, -0.15) is 4.72 Å². The Hall–Kier alpha value is -3.69. The quantitative estimate of drug-likeness (QED) is 0.460. The molecule has 0 aliphatic carbocycles. The summed E-state index contributed by atoms with van der Waals surface area (Å²) in [5.41, 5.74) is 2.67. The average Bonchev–Trinajstić information content (AvgIpc) is 2.86. The summed E-state index contributed by atoms with van der Waals surface area (Å²) < 4.78 is 34.2. The van der Waals surface area contributed by atoms with Crippen LogP contribution in [0.2, 0.25) is 0 Å². The van der Waals surface area contributed by atoms with Crippen LogP contribution in [0, 0.1) is 0 Å². The second-order valence-electron chi connectivity index (χ2n) is 7.90. The lowest BCUT2D eigenvalue weighted by atomic mass is 10.0. The first-order valence-corrected chi connectivity index (χ1v) is 12.2. The van der Waals surface area contributed by atoms with Crippen molar-refractivity contribution in [2.45, 2.75) is 30.3 Å². The zero-order valence-corrected chi connectivity index (χ0v) is 19.4. The second kappa shape index (κ2) is 10.1. The minimum Gasteiger partial charge on any atom is -0.497 e. The Morgan fingerprint density at radius 2 is 1.82 bits per heavy atom. The number of rotatable bonds is 8. The maximum atomic E-state index is 13.2. The molecule has 0 spiro atoms. The van der Waals surface area contributed by atoms with Crippen molar-refractivity contribution in [3.8, 4) is 5.75 Å². The van der Waals surface area contributed by atoms with E-state index in [1.165, 1.54) is 12.1 Å².